The van der Waals surface area contributed by atoms with Gasteiger partial charge in [-0.05, 0) is 67.1 Å². The van der Waals surface area contributed by atoms with Crippen molar-refractivity contribution in [2.45, 2.75) is 6.42 Å². The molecule has 40 heavy (non-hydrogen) atoms. The number of para-hydroxylation sites is 3. The maximum Gasteiger partial charge on any atom is 0.0541 e. The second-order valence-corrected chi connectivity index (χ2v) is 11.6. The number of thiophene rings is 1. The molecule has 3 heteroatoms. The van der Waals surface area contributed by atoms with Gasteiger partial charge in [0.1, 0.15) is 0 Å². The molecule has 0 amide bonds. The molecule has 0 unspecified atom stereocenters. The molecule has 0 atom stereocenters. The zero-order valence-corrected chi connectivity index (χ0v) is 22.5. The van der Waals surface area contributed by atoms with E-state index in [2.05, 4.69) is 143 Å². The highest BCUT2D eigenvalue weighted by Crippen LogP contribution is 2.40. The van der Waals surface area contributed by atoms with Crippen LogP contribution in [0.3, 0.4) is 0 Å². The van der Waals surface area contributed by atoms with E-state index in [4.69, 9.17) is 0 Å². The second-order valence-electron chi connectivity index (χ2n) is 10.5. The lowest BCUT2D eigenvalue weighted by molar-refractivity contribution is 1.11. The normalized spacial score (nSPS) is 13.2. The van der Waals surface area contributed by atoms with Crippen LogP contribution in [0.2, 0.25) is 0 Å². The molecule has 1 aliphatic carbocycles. The van der Waals surface area contributed by atoms with Crippen molar-refractivity contribution < 1.29 is 0 Å². The van der Waals surface area contributed by atoms with Gasteiger partial charge >= 0.3 is 0 Å². The van der Waals surface area contributed by atoms with Crippen molar-refractivity contribution in [1.82, 2.24) is 9.13 Å². The van der Waals surface area contributed by atoms with Crippen LogP contribution in [0.1, 0.15) is 17.7 Å². The van der Waals surface area contributed by atoms with Gasteiger partial charge in [0.05, 0.1) is 22.2 Å². The summed E-state index contributed by atoms with van der Waals surface area (Å²) in [5.41, 5.74) is 8.67. The molecule has 1 aliphatic rings. The minimum atomic E-state index is 0.961. The first-order valence-corrected chi connectivity index (χ1v) is 14.6. The number of hydrogen-bond donors (Lipinski definition) is 0. The van der Waals surface area contributed by atoms with E-state index in [1.54, 1.807) is 0 Å². The molecule has 3 heterocycles. The van der Waals surface area contributed by atoms with Crippen LogP contribution in [0.25, 0.3) is 76.4 Å². The molecule has 188 valence electrons. The second kappa shape index (κ2) is 8.32. The molecule has 0 N–H and O–H groups in total. The number of fused-ring (bicyclic) bond motifs is 9. The van der Waals surface area contributed by atoms with Crippen molar-refractivity contribution in [3.8, 4) is 11.4 Å². The fourth-order valence-electron chi connectivity index (χ4n) is 6.58. The summed E-state index contributed by atoms with van der Waals surface area (Å²) in [4.78, 5) is 0. The van der Waals surface area contributed by atoms with Crippen LogP contribution < -0.4 is 0 Å². The van der Waals surface area contributed by atoms with Crippen molar-refractivity contribution in [1.29, 1.82) is 0 Å². The monoisotopic (exact) mass is 528 g/mol. The molecule has 0 aliphatic heterocycles. The average Bonchev–Trinajstić information content (AvgIpc) is 3.56. The van der Waals surface area contributed by atoms with Crippen LogP contribution in [0.5, 0.6) is 0 Å². The van der Waals surface area contributed by atoms with E-state index in [1.165, 1.54) is 75.5 Å². The lowest BCUT2D eigenvalue weighted by Crippen LogP contribution is -1.96. The lowest BCUT2D eigenvalue weighted by Gasteiger charge is -2.10. The molecule has 0 saturated carbocycles. The molecule has 9 rings (SSSR count). The first kappa shape index (κ1) is 22.0. The van der Waals surface area contributed by atoms with E-state index < -0.39 is 0 Å². The van der Waals surface area contributed by atoms with Crippen LogP contribution in [0, 0.1) is 0 Å². The van der Waals surface area contributed by atoms with E-state index in [1.807, 2.05) is 11.3 Å². The van der Waals surface area contributed by atoms with E-state index in [0.29, 0.717) is 0 Å². The minimum Gasteiger partial charge on any atom is -0.309 e. The van der Waals surface area contributed by atoms with Crippen molar-refractivity contribution >= 4 is 76.4 Å². The topological polar surface area (TPSA) is 9.86 Å². The van der Waals surface area contributed by atoms with E-state index in [-0.39, 0.29) is 0 Å². The van der Waals surface area contributed by atoms with Crippen molar-refractivity contribution in [2.75, 3.05) is 0 Å². The van der Waals surface area contributed by atoms with Crippen LogP contribution in [-0.2, 0) is 0 Å². The van der Waals surface area contributed by atoms with E-state index >= 15 is 0 Å². The van der Waals surface area contributed by atoms with Crippen LogP contribution >= 0.6 is 11.3 Å². The van der Waals surface area contributed by atoms with Gasteiger partial charge in [0, 0.05) is 53.3 Å². The Balaban J connectivity index is 1.31. The van der Waals surface area contributed by atoms with Crippen LogP contribution in [0.15, 0.2) is 121 Å². The first-order valence-electron chi connectivity index (χ1n) is 13.8. The highest BCUT2D eigenvalue weighted by atomic mass is 32.1. The smallest absolute Gasteiger partial charge is 0.0541 e. The number of aromatic nitrogens is 2. The predicted molar refractivity (Wildman–Crippen MR) is 173 cm³/mol. The predicted octanol–water partition coefficient (Wildman–Crippen LogP) is 10.5. The minimum absolute atomic E-state index is 0.961. The van der Waals surface area contributed by atoms with Gasteiger partial charge in [-0.3, -0.25) is 0 Å². The third kappa shape index (κ3) is 3.04. The molecular formula is C37H24N2S. The Morgan fingerprint density at radius 2 is 1.00 bits per heavy atom. The van der Waals surface area contributed by atoms with Gasteiger partial charge in [-0.2, -0.15) is 0 Å². The Kier molecular flexibility index (Phi) is 4.58. The number of benzene rings is 5. The molecule has 3 aromatic heterocycles. The Morgan fingerprint density at radius 1 is 0.475 bits per heavy atom. The maximum absolute atomic E-state index is 2.43. The summed E-state index contributed by atoms with van der Waals surface area (Å²) >= 11 is 1.87. The van der Waals surface area contributed by atoms with Gasteiger partial charge in [-0.1, -0.05) is 72.8 Å². The average molecular weight is 529 g/mol. The van der Waals surface area contributed by atoms with Gasteiger partial charge in [0.2, 0.25) is 0 Å². The van der Waals surface area contributed by atoms with Crippen molar-refractivity contribution in [3.05, 3.63) is 133 Å². The number of rotatable bonds is 2. The highest BCUT2D eigenvalue weighted by molar-refractivity contribution is 7.25. The summed E-state index contributed by atoms with van der Waals surface area (Å²) in [6.45, 7) is 0. The number of hydrogen-bond acceptors (Lipinski definition) is 1. The highest BCUT2D eigenvalue weighted by Gasteiger charge is 2.18. The van der Waals surface area contributed by atoms with Gasteiger partial charge in [0.15, 0.2) is 0 Å². The van der Waals surface area contributed by atoms with Crippen LogP contribution in [-0.4, -0.2) is 9.13 Å². The summed E-state index contributed by atoms with van der Waals surface area (Å²) < 4.78 is 7.47. The zero-order chi connectivity index (χ0) is 26.2. The fraction of sp³-hybridized carbons (Fsp3) is 0.0270. The molecular weight excluding hydrogens is 504 g/mol. The molecule has 0 saturated heterocycles. The fourth-order valence-corrected chi connectivity index (χ4v) is 7.65. The Labute approximate surface area is 235 Å². The Bertz CT molecular complexity index is 2300. The molecule has 0 fully saturated rings. The van der Waals surface area contributed by atoms with Crippen molar-refractivity contribution in [2.24, 2.45) is 0 Å². The Hall–Kier alpha value is -4.86. The zero-order valence-electron chi connectivity index (χ0n) is 21.7. The van der Waals surface area contributed by atoms with E-state index in [0.717, 1.165) is 6.42 Å². The van der Waals surface area contributed by atoms with Gasteiger partial charge in [-0.25, -0.2) is 0 Å². The van der Waals surface area contributed by atoms with Gasteiger partial charge < -0.3 is 9.13 Å². The summed E-state index contributed by atoms with van der Waals surface area (Å²) in [5, 5.41) is 6.49. The number of allylic oxidation sites excluding steroid dienone is 2. The summed E-state index contributed by atoms with van der Waals surface area (Å²) in [5.74, 6) is 0. The summed E-state index contributed by atoms with van der Waals surface area (Å²) in [6, 6.07) is 40.1. The standard InChI is InChI=1S/C37H24N2S/c1-2-10-26-27-11-4-7-15-33(27)38(32(26)14-3-1)24-18-20-36-30(22-24)31-23-25(19-21-37(31)40-36)39-34-16-8-5-12-28(34)29-13-6-9-17-35(29)39/h2-23H,1H2. The first-order chi connectivity index (χ1) is 19.8. The third-order valence-corrected chi connectivity index (χ3v) is 9.47. The molecule has 5 aromatic carbocycles. The molecule has 0 bridgehead atoms. The van der Waals surface area contributed by atoms with Gasteiger partial charge in [-0.15, -0.1) is 11.3 Å². The Morgan fingerprint density at radius 3 is 1.65 bits per heavy atom. The molecule has 2 nitrogen and oxygen atoms in total. The van der Waals surface area contributed by atoms with Crippen molar-refractivity contribution in [3.63, 3.8) is 0 Å². The van der Waals surface area contributed by atoms with Crippen LogP contribution in [0.4, 0.5) is 0 Å². The summed E-state index contributed by atoms with van der Waals surface area (Å²) in [7, 11) is 0. The molecule has 8 aromatic rings. The van der Waals surface area contributed by atoms with Gasteiger partial charge in [0.25, 0.3) is 0 Å². The maximum atomic E-state index is 2.43. The lowest BCUT2D eigenvalue weighted by atomic mass is 10.1. The molecule has 0 radical (unpaired) electrons. The number of nitrogens with zero attached hydrogens (tertiary/aromatic N) is 2. The largest absolute Gasteiger partial charge is 0.309 e. The quantitative estimate of drug-likeness (QED) is 0.211. The SMILES string of the molecule is C1=Cc2c(n(-c3ccc4sc5ccc(-n6c7ccccc7c7ccccc76)cc5c4c3)c3ccccc23)C=CC1. The van der Waals surface area contributed by atoms with E-state index in [9.17, 15) is 0 Å². The summed E-state index contributed by atoms with van der Waals surface area (Å²) in [6.07, 6.45) is 10.0. The molecule has 0 spiro atoms. The third-order valence-electron chi connectivity index (χ3n) is 8.32.